The summed E-state index contributed by atoms with van der Waals surface area (Å²) in [4.78, 5) is 12.1. The van der Waals surface area contributed by atoms with Crippen LogP contribution < -0.4 is 5.32 Å². The van der Waals surface area contributed by atoms with E-state index >= 15 is 0 Å². The second-order valence-electron chi connectivity index (χ2n) is 4.04. The first-order valence-corrected chi connectivity index (χ1v) is 7.79. The number of amides is 1. The van der Waals surface area contributed by atoms with Gasteiger partial charge in [-0.1, -0.05) is 38.8 Å². The Morgan fingerprint density at radius 3 is 2.28 bits per heavy atom. The van der Waals surface area contributed by atoms with Gasteiger partial charge in [-0.25, -0.2) is 0 Å². The molecule has 0 spiro atoms. The highest BCUT2D eigenvalue weighted by Gasteiger charge is 2.27. The maximum atomic E-state index is 12.1. The number of alkyl halides is 2. The summed E-state index contributed by atoms with van der Waals surface area (Å²) in [7, 11) is 0. The summed E-state index contributed by atoms with van der Waals surface area (Å²) in [5.41, 5.74) is 0.827. The molecule has 0 saturated heterocycles. The highest BCUT2D eigenvalue weighted by molar-refractivity contribution is 9.09. The maximum Gasteiger partial charge on any atom is 0.251 e. The Bertz CT molecular complexity index is 439. The highest BCUT2D eigenvalue weighted by atomic mass is 79.9. The molecule has 0 unspecified atom stereocenters. The zero-order valence-corrected chi connectivity index (χ0v) is 13.2. The van der Waals surface area contributed by atoms with E-state index in [0.717, 1.165) is 6.42 Å². The van der Waals surface area contributed by atoms with Gasteiger partial charge in [-0.05, 0) is 30.7 Å². The first-order valence-electron chi connectivity index (χ1n) is 5.55. The summed E-state index contributed by atoms with van der Waals surface area (Å²) in [6, 6.07) is 8.64. The second kappa shape index (κ2) is 6.91. The fraction of sp³-hybridized carbons (Fsp3) is 0.385. The van der Waals surface area contributed by atoms with Gasteiger partial charge >= 0.3 is 0 Å². The van der Waals surface area contributed by atoms with Gasteiger partial charge in [0.15, 0.2) is 0 Å². The molecule has 1 rings (SSSR count). The second-order valence-corrected chi connectivity index (χ2v) is 5.17. The molecule has 0 aromatic heterocycles. The smallest absolute Gasteiger partial charge is 0.251 e. The topological polar surface area (TPSA) is 52.9 Å². The van der Waals surface area contributed by atoms with Crippen molar-refractivity contribution in [3.63, 3.8) is 0 Å². The lowest BCUT2D eigenvalue weighted by Crippen LogP contribution is -2.51. The molecule has 1 N–H and O–H groups in total. The number of rotatable bonds is 5. The van der Waals surface area contributed by atoms with Crippen molar-refractivity contribution in [3.05, 3.63) is 35.4 Å². The van der Waals surface area contributed by atoms with Gasteiger partial charge in [0.1, 0.15) is 0 Å². The average molecular weight is 374 g/mol. The van der Waals surface area contributed by atoms with E-state index in [4.69, 9.17) is 5.26 Å². The Hall–Kier alpha value is -0.860. The molecule has 3 nitrogen and oxygen atoms in total. The van der Waals surface area contributed by atoms with Crippen molar-refractivity contribution in [2.24, 2.45) is 0 Å². The van der Waals surface area contributed by atoms with E-state index in [1.54, 1.807) is 24.3 Å². The Balaban J connectivity index is 2.84. The van der Waals surface area contributed by atoms with Crippen LogP contribution in [0.2, 0.25) is 0 Å². The van der Waals surface area contributed by atoms with Crippen LogP contribution in [0.3, 0.4) is 0 Å². The standard InChI is InChI=1S/C13H14Br2N2O/c1-2-13(8-14,9-15)17-12(18)11-5-3-10(7-16)4-6-11/h3-6H,2,8-9H2,1H3,(H,17,18). The summed E-state index contributed by atoms with van der Waals surface area (Å²) < 4.78 is 0. The molecule has 0 bridgehead atoms. The molecule has 0 radical (unpaired) electrons. The predicted molar refractivity (Wildman–Crippen MR) is 79.2 cm³/mol. The molecule has 5 heteroatoms. The van der Waals surface area contributed by atoms with Crippen LogP contribution in [0.25, 0.3) is 0 Å². The minimum Gasteiger partial charge on any atom is -0.345 e. The van der Waals surface area contributed by atoms with Crippen molar-refractivity contribution >= 4 is 37.8 Å². The van der Waals surface area contributed by atoms with Crippen molar-refractivity contribution in [1.29, 1.82) is 5.26 Å². The minimum absolute atomic E-state index is 0.125. The van der Waals surface area contributed by atoms with Gasteiger partial charge in [0.05, 0.1) is 17.2 Å². The third kappa shape index (κ3) is 3.56. The first kappa shape index (κ1) is 15.2. The largest absolute Gasteiger partial charge is 0.345 e. The Kier molecular flexibility index (Phi) is 5.83. The van der Waals surface area contributed by atoms with Crippen LogP contribution in [-0.2, 0) is 0 Å². The third-order valence-electron chi connectivity index (χ3n) is 2.84. The quantitative estimate of drug-likeness (QED) is 0.805. The summed E-state index contributed by atoms with van der Waals surface area (Å²) in [5.74, 6) is -0.125. The molecular weight excluding hydrogens is 360 g/mol. The number of halogens is 2. The molecule has 0 aliphatic carbocycles. The molecule has 0 aliphatic heterocycles. The molecule has 96 valence electrons. The molecule has 0 aliphatic rings. The van der Waals surface area contributed by atoms with Crippen LogP contribution >= 0.6 is 31.9 Å². The SMILES string of the molecule is CCC(CBr)(CBr)NC(=O)c1ccc(C#N)cc1. The van der Waals surface area contributed by atoms with Crippen LogP contribution in [0, 0.1) is 11.3 Å². The summed E-state index contributed by atoms with van der Waals surface area (Å²) >= 11 is 6.86. The first-order chi connectivity index (χ1) is 8.60. The average Bonchev–Trinajstić information content (AvgIpc) is 2.45. The van der Waals surface area contributed by atoms with Crippen LogP contribution in [-0.4, -0.2) is 22.1 Å². The van der Waals surface area contributed by atoms with Crippen LogP contribution in [0.15, 0.2) is 24.3 Å². The van der Waals surface area contributed by atoms with Crippen molar-refractivity contribution in [1.82, 2.24) is 5.32 Å². The predicted octanol–water partition coefficient (Wildman–Crippen LogP) is 3.23. The summed E-state index contributed by atoms with van der Waals surface area (Å²) in [5, 5.41) is 13.1. The van der Waals surface area contributed by atoms with Crippen molar-refractivity contribution < 1.29 is 4.79 Å². The Labute approximate surface area is 124 Å². The number of hydrogen-bond donors (Lipinski definition) is 1. The number of nitrogens with zero attached hydrogens (tertiary/aromatic N) is 1. The molecule has 18 heavy (non-hydrogen) atoms. The molecule has 0 saturated carbocycles. The summed E-state index contributed by atoms with van der Waals surface area (Å²) in [6.45, 7) is 2.03. The number of carbonyl (C=O) groups is 1. The lowest BCUT2D eigenvalue weighted by molar-refractivity contribution is 0.0915. The van der Waals surface area contributed by atoms with Gasteiger partial charge in [0.25, 0.3) is 5.91 Å². The van der Waals surface area contributed by atoms with E-state index in [1.165, 1.54) is 0 Å². The van der Waals surface area contributed by atoms with E-state index in [-0.39, 0.29) is 11.4 Å². The lowest BCUT2D eigenvalue weighted by Gasteiger charge is -2.30. The van der Waals surface area contributed by atoms with E-state index in [9.17, 15) is 4.79 Å². The zero-order chi connectivity index (χ0) is 13.6. The van der Waals surface area contributed by atoms with Crippen molar-refractivity contribution in [3.8, 4) is 6.07 Å². The third-order valence-corrected chi connectivity index (χ3v) is 4.99. The Morgan fingerprint density at radius 1 is 1.33 bits per heavy atom. The number of carbonyl (C=O) groups excluding carboxylic acids is 1. The number of nitriles is 1. The molecule has 1 aromatic carbocycles. The lowest BCUT2D eigenvalue weighted by atomic mass is 10.0. The Morgan fingerprint density at radius 2 is 1.89 bits per heavy atom. The van der Waals surface area contributed by atoms with Gasteiger partial charge in [0.2, 0.25) is 0 Å². The van der Waals surface area contributed by atoms with Crippen molar-refractivity contribution in [2.75, 3.05) is 10.7 Å². The van der Waals surface area contributed by atoms with Crippen molar-refractivity contribution in [2.45, 2.75) is 18.9 Å². The molecular formula is C13H14Br2N2O. The van der Waals surface area contributed by atoms with Crippen LogP contribution in [0.4, 0.5) is 0 Å². The molecule has 1 amide bonds. The number of nitrogens with one attached hydrogen (secondary N) is 1. The molecule has 0 fully saturated rings. The molecule has 0 heterocycles. The van der Waals surface area contributed by atoms with Gasteiger partial charge in [-0.3, -0.25) is 4.79 Å². The van der Waals surface area contributed by atoms with E-state index in [2.05, 4.69) is 37.2 Å². The highest BCUT2D eigenvalue weighted by Crippen LogP contribution is 2.18. The summed E-state index contributed by atoms with van der Waals surface area (Å²) in [6.07, 6.45) is 0.825. The van der Waals surface area contributed by atoms with E-state index < -0.39 is 0 Å². The fourth-order valence-electron chi connectivity index (χ4n) is 1.39. The fourth-order valence-corrected chi connectivity index (χ4v) is 3.39. The van der Waals surface area contributed by atoms with Gasteiger partial charge < -0.3 is 5.32 Å². The van der Waals surface area contributed by atoms with Crippen LogP contribution in [0.1, 0.15) is 29.3 Å². The molecule has 1 aromatic rings. The maximum absolute atomic E-state index is 12.1. The van der Waals surface area contributed by atoms with E-state index in [1.807, 2.05) is 13.0 Å². The van der Waals surface area contributed by atoms with E-state index in [0.29, 0.717) is 21.8 Å². The van der Waals surface area contributed by atoms with Gasteiger partial charge in [-0.2, -0.15) is 5.26 Å². The number of hydrogen-bond acceptors (Lipinski definition) is 2. The number of benzene rings is 1. The van der Waals surface area contributed by atoms with Gasteiger partial charge in [-0.15, -0.1) is 0 Å². The normalized spacial score (nSPS) is 10.8. The monoisotopic (exact) mass is 372 g/mol. The zero-order valence-electron chi connectivity index (χ0n) is 10.0. The molecule has 0 atom stereocenters. The van der Waals surface area contributed by atoms with Gasteiger partial charge in [0, 0.05) is 16.2 Å². The minimum atomic E-state index is -0.287. The van der Waals surface area contributed by atoms with Crippen LogP contribution in [0.5, 0.6) is 0 Å².